The van der Waals surface area contributed by atoms with Crippen LogP contribution in [0.15, 0.2) is 23.2 Å². The highest BCUT2D eigenvalue weighted by molar-refractivity contribution is 7.98. The standard InChI is InChI=1S/C9H11NO2S/c1-12-9(11)5-7-3-4-8(13-2)6-10-7/h3-4,6H,5H2,1-2H3. The SMILES string of the molecule is COC(=O)Cc1ccc(SC)cn1. The molecule has 0 spiro atoms. The number of esters is 1. The Morgan fingerprint density at radius 2 is 2.38 bits per heavy atom. The van der Waals surface area contributed by atoms with Crippen molar-refractivity contribution in [3.63, 3.8) is 0 Å². The molecule has 70 valence electrons. The Bertz CT molecular complexity index is 284. The molecule has 0 bridgehead atoms. The van der Waals surface area contributed by atoms with Gasteiger partial charge in [-0.15, -0.1) is 11.8 Å². The number of ether oxygens (including phenoxy) is 1. The van der Waals surface area contributed by atoms with Gasteiger partial charge in [0, 0.05) is 11.1 Å². The van der Waals surface area contributed by atoms with Crippen LogP contribution in [0.3, 0.4) is 0 Å². The average molecular weight is 197 g/mol. The second-order valence-corrected chi connectivity index (χ2v) is 3.32. The van der Waals surface area contributed by atoms with E-state index < -0.39 is 0 Å². The molecular formula is C9H11NO2S. The summed E-state index contributed by atoms with van der Waals surface area (Å²) in [5, 5.41) is 0. The van der Waals surface area contributed by atoms with Crippen LogP contribution < -0.4 is 0 Å². The minimum Gasteiger partial charge on any atom is -0.469 e. The molecule has 0 aromatic carbocycles. The summed E-state index contributed by atoms with van der Waals surface area (Å²) in [7, 11) is 1.37. The molecular weight excluding hydrogens is 186 g/mol. The summed E-state index contributed by atoms with van der Waals surface area (Å²) in [6.45, 7) is 0. The zero-order chi connectivity index (χ0) is 9.68. The third kappa shape index (κ3) is 3.06. The number of hydrogen-bond donors (Lipinski definition) is 0. The smallest absolute Gasteiger partial charge is 0.311 e. The van der Waals surface area contributed by atoms with Crippen LogP contribution in [0.2, 0.25) is 0 Å². The summed E-state index contributed by atoms with van der Waals surface area (Å²) in [5.41, 5.74) is 0.740. The fraction of sp³-hybridized carbons (Fsp3) is 0.333. The molecule has 0 radical (unpaired) electrons. The van der Waals surface area contributed by atoms with E-state index in [0.29, 0.717) is 0 Å². The first kappa shape index (κ1) is 10.1. The maximum absolute atomic E-state index is 10.9. The molecule has 0 aliphatic rings. The molecule has 0 atom stereocenters. The topological polar surface area (TPSA) is 39.2 Å². The maximum atomic E-state index is 10.9. The van der Waals surface area contributed by atoms with E-state index >= 15 is 0 Å². The van der Waals surface area contributed by atoms with Crippen LogP contribution >= 0.6 is 11.8 Å². The van der Waals surface area contributed by atoms with Crippen LogP contribution in [-0.4, -0.2) is 24.3 Å². The third-order valence-electron chi connectivity index (χ3n) is 1.59. The zero-order valence-corrected chi connectivity index (χ0v) is 8.43. The van der Waals surface area contributed by atoms with Gasteiger partial charge < -0.3 is 4.74 Å². The highest BCUT2D eigenvalue weighted by atomic mass is 32.2. The highest BCUT2D eigenvalue weighted by Crippen LogP contribution is 2.12. The molecule has 0 N–H and O–H groups in total. The first-order valence-electron chi connectivity index (χ1n) is 3.82. The van der Waals surface area contributed by atoms with Gasteiger partial charge in [0.1, 0.15) is 0 Å². The quantitative estimate of drug-likeness (QED) is 0.544. The van der Waals surface area contributed by atoms with E-state index in [1.165, 1.54) is 7.11 Å². The lowest BCUT2D eigenvalue weighted by molar-refractivity contribution is -0.139. The Labute approximate surface area is 81.5 Å². The van der Waals surface area contributed by atoms with Gasteiger partial charge in [-0.05, 0) is 18.4 Å². The molecule has 1 aromatic rings. The number of aromatic nitrogens is 1. The number of rotatable bonds is 3. The molecule has 1 rings (SSSR count). The summed E-state index contributed by atoms with van der Waals surface area (Å²) in [5.74, 6) is -0.260. The average Bonchev–Trinajstić information content (AvgIpc) is 2.19. The zero-order valence-electron chi connectivity index (χ0n) is 7.61. The van der Waals surface area contributed by atoms with E-state index in [-0.39, 0.29) is 12.4 Å². The fourth-order valence-electron chi connectivity index (χ4n) is 0.856. The van der Waals surface area contributed by atoms with Crippen molar-refractivity contribution < 1.29 is 9.53 Å². The van der Waals surface area contributed by atoms with Gasteiger partial charge in [0.25, 0.3) is 0 Å². The van der Waals surface area contributed by atoms with E-state index in [0.717, 1.165) is 10.6 Å². The summed E-state index contributed by atoms with van der Waals surface area (Å²) in [6.07, 6.45) is 3.98. The summed E-state index contributed by atoms with van der Waals surface area (Å²) >= 11 is 1.62. The van der Waals surface area contributed by atoms with Crippen LogP contribution in [0, 0.1) is 0 Å². The maximum Gasteiger partial charge on any atom is 0.311 e. The predicted molar refractivity (Wildman–Crippen MR) is 51.7 cm³/mol. The molecule has 1 aromatic heterocycles. The molecule has 4 heteroatoms. The Morgan fingerprint density at radius 3 is 2.85 bits per heavy atom. The molecule has 0 saturated carbocycles. The number of hydrogen-bond acceptors (Lipinski definition) is 4. The Hall–Kier alpha value is -1.03. The number of methoxy groups -OCH3 is 1. The van der Waals surface area contributed by atoms with Crippen molar-refractivity contribution in [1.29, 1.82) is 0 Å². The number of carbonyl (C=O) groups excluding carboxylic acids is 1. The van der Waals surface area contributed by atoms with Gasteiger partial charge >= 0.3 is 5.97 Å². The second-order valence-electron chi connectivity index (χ2n) is 2.44. The van der Waals surface area contributed by atoms with Gasteiger partial charge in [0.15, 0.2) is 0 Å². The van der Waals surface area contributed by atoms with Crippen molar-refractivity contribution in [2.45, 2.75) is 11.3 Å². The van der Waals surface area contributed by atoms with Gasteiger partial charge in [-0.2, -0.15) is 0 Å². The van der Waals surface area contributed by atoms with Gasteiger partial charge in [-0.1, -0.05) is 0 Å². The van der Waals surface area contributed by atoms with Gasteiger partial charge in [-0.25, -0.2) is 0 Å². The lowest BCUT2D eigenvalue weighted by Gasteiger charge is -1.99. The molecule has 0 unspecified atom stereocenters. The van der Waals surface area contributed by atoms with Crippen LogP contribution in [0.25, 0.3) is 0 Å². The first-order chi connectivity index (χ1) is 6.26. The van der Waals surface area contributed by atoms with E-state index in [1.54, 1.807) is 18.0 Å². The molecule has 13 heavy (non-hydrogen) atoms. The molecule has 0 saturated heterocycles. The fourth-order valence-corrected chi connectivity index (χ4v) is 1.22. The van der Waals surface area contributed by atoms with Crippen molar-refractivity contribution in [3.05, 3.63) is 24.0 Å². The van der Waals surface area contributed by atoms with E-state index in [2.05, 4.69) is 9.72 Å². The molecule has 1 heterocycles. The molecule has 0 aliphatic carbocycles. The third-order valence-corrected chi connectivity index (χ3v) is 2.30. The molecule has 0 fully saturated rings. The van der Waals surface area contributed by atoms with Crippen molar-refractivity contribution >= 4 is 17.7 Å². The summed E-state index contributed by atoms with van der Waals surface area (Å²) in [6, 6.07) is 3.78. The summed E-state index contributed by atoms with van der Waals surface area (Å²) < 4.78 is 4.53. The molecule has 3 nitrogen and oxygen atoms in total. The minimum atomic E-state index is -0.260. The Kier molecular flexibility index (Phi) is 3.76. The second kappa shape index (κ2) is 4.87. The van der Waals surface area contributed by atoms with Gasteiger partial charge in [-0.3, -0.25) is 9.78 Å². The summed E-state index contributed by atoms with van der Waals surface area (Å²) in [4.78, 5) is 16.1. The lowest BCUT2D eigenvalue weighted by atomic mass is 10.3. The lowest BCUT2D eigenvalue weighted by Crippen LogP contribution is -2.05. The van der Waals surface area contributed by atoms with E-state index in [4.69, 9.17) is 0 Å². The highest BCUT2D eigenvalue weighted by Gasteiger charge is 2.03. The normalized spacial score (nSPS) is 9.69. The van der Waals surface area contributed by atoms with Gasteiger partial charge in [0.05, 0.1) is 19.2 Å². The van der Waals surface area contributed by atoms with Crippen LogP contribution in [0.4, 0.5) is 0 Å². The number of thioether (sulfide) groups is 1. The predicted octanol–water partition coefficient (Wildman–Crippen LogP) is 1.52. The number of pyridine rings is 1. The van der Waals surface area contributed by atoms with Crippen molar-refractivity contribution in [2.75, 3.05) is 13.4 Å². The Morgan fingerprint density at radius 1 is 1.62 bits per heavy atom. The Balaban J connectivity index is 2.64. The molecule has 0 aliphatic heterocycles. The first-order valence-corrected chi connectivity index (χ1v) is 5.04. The minimum absolute atomic E-state index is 0.241. The number of carbonyl (C=O) groups is 1. The van der Waals surface area contributed by atoms with Gasteiger partial charge in [0.2, 0.25) is 0 Å². The van der Waals surface area contributed by atoms with Crippen LogP contribution in [0.1, 0.15) is 5.69 Å². The van der Waals surface area contributed by atoms with Crippen molar-refractivity contribution in [2.24, 2.45) is 0 Å². The largest absolute Gasteiger partial charge is 0.469 e. The van der Waals surface area contributed by atoms with E-state index in [1.807, 2.05) is 18.4 Å². The van der Waals surface area contributed by atoms with Crippen LogP contribution in [-0.2, 0) is 16.0 Å². The van der Waals surface area contributed by atoms with Crippen molar-refractivity contribution in [3.8, 4) is 0 Å². The van der Waals surface area contributed by atoms with Crippen LogP contribution in [0.5, 0.6) is 0 Å². The van der Waals surface area contributed by atoms with E-state index in [9.17, 15) is 4.79 Å². The monoisotopic (exact) mass is 197 g/mol. The van der Waals surface area contributed by atoms with Crippen molar-refractivity contribution in [1.82, 2.24) is 4.98 Å². The number of nitrogens with zero attached hydrogens (tertiary/aromatic N) is 1. The molecule has 0 amide bonds.